The molecule has 5 heteroatoms. The Labute approximate surface area is 129 Å². The molecule has 2 aromatic carbocycles. The molecule has 1 aliphatic rings. The Kier molecular flexibility index (Phi) is 4.14. The summed E-state index contributed by atoms with van der Waals surface area (Å²) in [5.41, 5.74) is 8.50. The summed E-state index contributed by atoms with van der Waals surface area (Å²) in [5, 5.41) is 2.91. The van der Waals surface area contributed by atoms with Gasteiger partial charge in [-0.25, -0.2) is 0 Å². The molecule has 0 atom stereocenters. The zero-order valence-electron chi connectivity index (χ0n) is 12.2. The van der Waals surface area contributed by atoms with E-state index >= 15 is 0 Å². The number of ether oxygens (including phenoxy) is 2. The molecule has 1 aliphatic heterocycles. The van der Waals surface area contributed by atoms with E-state index in [1.165, 1.54) is 0 Å². The van der Waals surface area contributed by atoms with Crippen LogP contribution in [0.2, 0.25) is 0 Å². The molecule has 0 unspecified atom stereocenters. The van der Waals surface area contributed by atoms with E-state index in [0.29, 0.717) is 19.4 Å². The molecule has 0 saturated heterocycles. The molecule has 114 valence electrons. The summed E-state index contributed by atoms with van der Waals surface area (Å²) in [7, 11) is 0. The topological polar surface area (TPSA) is 73.6 Å². The maximum absolute atomic E-state index is 11.9. The minimum absolute atomic E-state index is 0.0140. The molecule has 22 heavy (non-hydrogen) atoms. The Morgan fingerprint density at radius 3 is 2.82 bits per heavy atom. The fraction of sp³-hybridized carbons (Fsp3) is 0.235. The maximum atomic E-state index is 11.9. The first-order valence-corrected chi connectivity index (χ1v) is 7.20. The lowest BCUT2D eigenvalue weighted by Crippen LogP contribution is -2.22. The van der Waals surface area contributed by atoms with E-state index in [4.69, 9.17) is 15.2 Å². The molecule has 2 aromatic rings. The van der Waals surface area contributed by atoms with Crippen molar-refractivity contribution in [3.8, 4) is 11.5 Å². The first kappa shape index (κ1) is 14.3. The molecule has 0 bridgehead atoms. The summed E-state index contributed by atoms with van der Waals surface area (Å²) in [6.45, 7) is 0.734. The van der Waals surface area contributed by atoms with Crippen LogP contribution >= 0.6 is 0 Å². The van der Waals surface area contributed by atoms with Crippen LogP contribution in [0.3, 0.4) is 0 Å². The molecule has 0 spiro atoms. The van der Waals surface area contributed by atoms with Gasteiger partial charge in [-0.3, -0.25) is 4.79 Å². The Bertz CT molecular complexity index is 685. The van der Waals surface area contributed by atoms with Crippen LogP contribution in [-0.2, 0) is 17.8 Å². The van der Waals surface area contributed by atoms with Crippen molar-refractivity contribution in [3.05, 3.63) is 53.6 Å². The molecule has 1 amide bonds. The summed E-state index contributed by atoms with van der Waals surface area (Å²) >= 11 is 0. The Balaban J connectivity index is 1.48. The first-order chi connectivity index (χ1) is 10.7. The van der Waals surface area contributed by atoms with Gasteiger partial charge in [0.25, 0.3) is 0 Å². The lowest BCUT2D eigenvalue weighted by Gasteiger charge is -2.07. The van der Waals surface area contributed by atoms with Crippen LogP contribution < -0.4 is 20.5 Å². The molecule has 1 heterocycles. The second kappa shape index (κ2) is 6.39. The van der Waals surface area contributed by atoms with Crippen LogP contribution in [0.4, 0.5) is 5.69 Å². The maximum Gasteiger partial charge on any atom is 0.231 e. The number of carbonyl (C=O) groups excluding carboxylic acids is 1. The highest BCUT2D eigenvalue weighted by Crippen LogP contribution is 2.32. The van der Waals surface area contributed by atoms with Crippen molar-refractivity contribution in [1.82, 2.24) is 5.32 Å². The largest absolute Gasteiger partial charge is 0.454 e. The van der Waals surface area contributed by atoms with Gasteiger partial charge < -0.3 is 20.5 Å². The summed E-state index contributed by atoms with van der Waals surface area (Å²) in [6, 6.07) is 13.3. The van der Waals surface area contributed by atoms with Gasteiger partial charge in [-0.15, -0.1) is 0 Å². The minimum atomic E-state index is 0.0140. The van der Waals surface area contributed by atoms with Crippen LogP contribution in [0.15, 0.2) is 42.5 Å². The monoisotopic (exact) mass is 298 g/mol. The summed E-state index contributed by atoms with van der Waals surface area (Å²) in [4.78, 5) is 11.9. The van der Waals surface area contributed by atoms with Crippen LogP contribution in [0.5, 0.6) is 11.5 Å². The number of hydrogen-bond acceptors (Lipinski definition) is 4. The molecule has 0 saturated carbocycles. The van der Waals surface area contributed by atoms with E-state index in [1.54, 1.807) is 0 Å². The number of amides is 1. The molecular formula is C17H18N2O3. The number of rotatable bonds is 5. The number of benzene rings is 2. The third-order valence-corrected chi connectivity index (χ3v) is 3.52. The highest BCUT2D eigenvalue weighted by molar-refractivity contribution is 5.76. The van der Waals surface area contributed by atoms with Crippen LogP contribution in [0, 0.1) is 0 Å². The zero-order valence-corrected chi connectivity index (χ0v) is 12.2. The second-order valence-corrected chi connectivity index (χ2v) is 5.21. The molecule has 0 aromatic heterocycles. The normalized spacial score (nSPS) is 12.2. The molecule has 5 nitrogen and oxygen atoms in total. The van der Waals surface area contributed by atoms with Crippen LogP contribution in [-0.4, -0.2) is 12.7 Å². The SMILES string of the molecule is Nc1cccc(CCC(=O)NCc2ccc3c(c2)OCO3)c1. The van der Waals surface area contributed by atoms with Gasteiger partial charge in [0.15, 0.2) is 11.5 Å². The smallest absolute Gasteiger partial charge is 0.231 e. The summed E-state index contributed by atoms with van der Waals surface area (Å²) in [6.07, 6.45) is 1.12. The van der Waals surface area contributed by atoms with Gasteiger partial charge in [0.1, 0.15) is 0 Å². The average molecular weight is 298 g/mol. The van der Waals surface area contributed by atoms with Gasteiger partial charge in [0.2, 0.25) is 12.7 Å². The molecule has 0 fully saturated rings. The molecule has 0 aliphatic carbocycles. The molecular weight excluding hydrogens is 280 g/mol. The lowest BCUT2D eigenvalue weighted by atomic mass is 10.1. The number of aryl methyl sites for hydroxylation is 1. The highest BCUT2D eigenvalue weighted by atomic mass is 16.7. The van der Waals surface area contributed by atoms with Gasteiger partial charge in [0.05, 0.1) is 0 Å². The van der Waals surface area contributed by atoms with Crippen molar-refractivity contribution in [3.63, 3.8) is 0 Å². The number of fused-ring (bicyclic) bond motifs is 1. The van der Waals surface area contributed by atoms with Crippen molar-refractivity contribution in [1.29, 1.82) is 0 Å². The van der Waals surface area contributed by atoms with E-state index in [-0.39, 0.29) is 12.7 Å². The molecule has 0 radical (unpaired) electrons. The Hall–Kier alpha value is -2.69. The average Bonchev–Trinajstić information content (AvgIpc) is 2.98. The van der Waals surface area contributed by atoms with E-state index < -0.39 is 0 Å². The van der Waals surface area contributed by atoms with E-state index in [0.717, 1.165) is 28.3 Å². The number of nitrogen functional groups attached to an aromatic ring is 1. The van der Waals surface area contributed by atoms with Gasteiger partial charge in [-0.2, -0.15) is 0 Å². The molecule has 3 N–H and O–H groups in total. The van der Waals surface area contributed by atoms with Gasteiger partial charge in [0, 0.05) is 18.7 Å². The van der Waals surface area contributed by atoms with Crippen molar-refractivity contribution in [2.75, 3.05) is 12.5 Å². The standard InChI is InChI=1S/C17H18N2O3/c18-14-3-1-2-12(8-14)5-7-17(20)19-10-13-4-6-15-16(9-13)22-11-21-15/h1-4,6,8-9H,5,7,10-11,18H2,(H,19,20). The van der Waals surface area contributed by atoms with Gasteiger partial charge >= 0.3 is 0 Å². The van der Waals surface area contributed by atoms with Gasteiger partial charge in [-0.05, 0) is 41.8 Å². The number of nitrogens with two attached hydrogens (primary N) is 1. The predicted octanol–water partition coefficient (Wildman–Crippen LogP) is 2.25. The highest BCUT2D eigenvalue weighted by Gasteiger charge is 2.13. The third kappa shape index (κ3) is 3.49. The minimum Gasteiger partial charge on any atom is -0.454 e. The van der Waals surface area contributed by atoms with Crippen LogP contribution in [0.25, 0.3) is 0 Å². The quantitative estimate of drug-likeness (QED) is 0.830. The number of hydrogen-bond donors (Lipinski definition) is 2. The number of nitrogens with one attached hydrogen (secondary N) is 1. The molecule has 3 rings (SSSR count). The summed E-state index contributed by atoms with van der Waals surface area (Å²) < 4.78 is 10.6. The third-order valence-electron chi connectivity index (χ3n) is 3.52. The van der Waals surface area contributed by atoms with Crippen LogP contribution in [0.1, 0.15) is 17.5 Å². The van der Waals surface area contributed by atoms with Crippen molar-refractivity contribution >= 4 is 11.6 Å². The predicted molar refractivity (Wildman–Crippen MR) is 83.6 cm³/mol. The van der Waals surface area contributed by atoms with Crippen molar-refractivity contribution in [2.45, 2.75) is 19.4 Å². The Morgan fingerprint density at radius 1 is 1.09 bits per heavy atom. The summed E-state index contributed by atoms with van der Waals surface area (Å²) in [5.74, 6) is 1.49. The number of carbonyl (C=O) groups is 1. The fourth-order valence-electron chi connectivity index (χ4n) is 2.35. The Morgan fingerprint density at radius 2 is 1.95 bits per heavy atom. The van der Waals surface area contributed by atoms with E-state index in [1.807, 2.05) is 42.5 Å². The second-order valence-electron chi connectivity index (χ2n) is 5.21. The number of anilines is 1. The van der Waals surface area contributed by atoms with E-state index in [2.05, 4.69) is 5.32 Å². The van der Waals surface area contributed by atoms with Crippen molar-refractivity contribution < 1.29 is 14.3 Å². The fourth-order valence-corrected chi connectivity index (χ4v) is 2.35. The zero-order chi connectivity index (χ0) is 15.4. The first-order valence-electron chi connectivity index (χ1n) is 7.20. The van der Waals surface area contributed by atoms with Crippen molar-refractivity contribution in [2.24, 2.45) is 0 Å². The van der Waals surface area contributed by atoms with Gasteiger partial charge in [-0.1, -0.05) is 18.2 Å². The lowest BCUT2D eigenvalue weighted by molar-refractivity contribution is -0.121. The van der Waals surface area contributed by atoms with E-state index in [9.17, 15) is 4.79 Å².